The fourth-order valence-electron chi connectivity index (χ4n) is 1.79. The third-order valence-corrected chi connectivity index (χ3v) is 3.66. The topological polar surface area (TPSA) is 54.9 Å². The van der Waals surface area contributed by atoms with Gasteiger partial charge in [-0.05, 0) is 48.3 Å². The molecule has 0 amide bonds. The van der Waals surface area contributed by atoms with Crippen LogP contribution in [0.4, 0.5) is 5.69 Å². The molecule has 1 aromatic carbocycles. The summed E-state index contributed by atoms with van der Waals surface area (Å²) >= 11 is 1.45. The number of nitrogens with zero attached hydrogens (tertiary/aromatic N) is 2. The number of fused-ring (bicyclic) bond motifs is 1. The summed E-state index contributed by atoms with van der Waals surface area (Å²) in [6, 6.07) is 11.2. The van der Waals surface area contributed by atoms with Crippen LogP contribution in [0.1, 0.15) is 10.4 Å². The Morgan fingerprint density at radius 3 is 2.75 bits per heavy atom. The molecule has 0 atom stereocenters. The Bertz CT molecular complexity index is 738. The lowest BCUT2D eigenvalue weighted by Gasteiger charge is -2.07. The third-order valence-electron chi connectivity index (χ3n) is 2.80. The van der Waals surface area contributed by atoms with Crippen LogP contribution in [0, 0.1) is 0 Å². The molecular formula is C15H11N3OS. The van der Waals surface area contributed by atoms with E-state index in [-0.39, 0.29) is 0 Å². The molecule has 1 N–H and O–H groups in total. The predicted molar refractivity (Wildman–Crippen MR) is 80.8 cm³/mol. The summed E-state index contributed by atoms with van der Waals surface area (Å²) in [6.45, 7) is 0. The van der Waals surface area contributed by atoms with Crippen LogP contribution in [0.5, 0.6) is 0 Å². The lowest BCUT2D eigenvalue weighted by Crippen LogP contribution is -1.90. The maximum atomic E-state index is 10.6. The summed E-state index contributed by atoms with van der Waals surface area (Å²) in [6.07, 6.45) is 6.18. The second-order valence-corrected chi connectivity index (χ2v) is 5.00. The number of pyridine rings is 2. The van der Waals surface area contributed by atoms with Gasteiger partial charge in [0.2, 0.25) is 0 Å². The van der Waals surface area contributed by atoms with Crippen molar-refractivity contribution in [1.29, 1.82) is 0 Å². The molecule has 0 aliphatic carbocycles. The minimum absolute atomic E-state index is 0.661. The number of rotatable bonds is 4. The van der Waals surface area contributed by atoms with Gasteiger partial charge in [-0.1, -0.05) is 0 Å². The summed E-state index contributed by atoms with van der Waals surface area (Å²) in [7, 11) is 0. The van der Waals surface area contributed by atoms with Gasteiger partial charge < -0.3 is 4.72 Å². The quantitative estimate of drug-likeness (QED) is 0.585. The molecule has 0 aliphatic heterocycles. The molecule has 4 nitrogen and oxygen atoms in total. The number of aldehydes is 1. The molecule has 5 heteroatoms. The van der Waals surface area contributed by atoms with Crippen molar-refractivity contribution in [3.8, 4) is 0 Å². The maximum absolute atomic E-state index is 10.6. The molecule has 0 aliphatic rings. The Hall–Kier alpha value is -2.40. The summed E-state index contributed by atoms with van der Waals surface area (Å²) in [5.41, 5.74) is 2.51. The maximum Gasteiger partial charge on any atom is 0.150 e. The molecule has 2 heterocycles. The van der Waals surface area contributed by atoms with Crippen molar-refractivity contribution in [2.24, 2.45) is 0 Å². The normalized spacial score (nSPS) is 10.4. The predicted octanol–water partition coefficient (Wildman–Crippen LogP) is 3.56. The van der Waals surface area contributed by atoms with E-state index in [0.717, 1.165) is 27.8 Å². The third kappa shape index (κ3) is 2.62. The number of aromatic nitrogens is 2. The second kappa shape index (κ2) is 5.71. The van der Waals surface area contributed by atoms with Crippen LogP contribution in [0.15, 0.2) is 59.9 Å². The summed E-state index contributed by atoms with van der Waals surface area (Å²) < 4.78 is 3.23. The van der Waals surface area contributed by atoms with Crippen molar-refractivity contribution >= 4 is 34.8 Å². The Labute approximate surface area is 120 Å². The minimum atomic E-state index is 0.661. The zero-order valence-corrected chi connectivity index (χ0v) is 11.3. The largest absolute Gasteiger partial charge is 0.326 e. The molecule has 0 fully saturated rings. The highest BCUT2D eigenvalue weighted by atomic mass is 32.2. The first-order valence-corrected chi connectivity index (χ1v) is 6.85. The molecule has 0 bridgehead atoms. The highest BCUT2D eigenvalue weighted by molar-refractivity contribution is 8.00. The lowest BCUT2D eigenvalue weighted by atomic mass is 10.2. The fraction of sp³-hybridized carbons (Fsp3) is 0. The van der Waals surface area contributed by atoms with Gasteiger partial charge in [0.15, 0.2) is 0 Å². The molecule has 0 saturated carbocycles. The van der Waals surface area contributed by atoms with Gasteiger partial charge in [0.25, 0.3) is 0 Å². The van der Waals surface area contributed by atoms with Crippen LogP contribution in [0.2, 0.25) is 0 Å². The van der Waals surface area contributed by atoms with Gasteiger partial charge in [0, 0.05) is 35.2 Å². The average Bonchev–Trinajstić information content (AvgIpc) is 2.53. The van der Waals surface area contributed by atoms with Crippen molar-refractivity contribution in [2.75, 3.05) is 4.72 Å². The molecule has 3 aromatic rings. The van der Waals surface area contributed by atoms with E-state index < -0.39 is 0 Å². The van der Waals surface area contributed by atoms with Gasteiger partial charge in [0.1, 0.15) is 6.29 Å². The second-order valence-electron chi connectivity index (χ2n) is 4.16. The minimum Gasteiger partial charge on any atom is -0.326 e. The number of nitrogens with one attached hydrogen (secondary N) is 1. The van der Waals surface area contributed by atoms with E-state index in [2.05, 4.69) is 14.7 Å². The Morgan fingerprint density at radius 2 is 1.95 bits per heavy atom. The zero-order valence-electron chi connectivity index (χ0n) is 10.5. The fourth-order valence-corrected chi connectivity index (χ4v) is 2.54. The Kier molecular flexibility index (Phi) is 3.60. The number of hydrogen-bond acceptors (Lipinski definition) is 5. The van der Waals surface area contributed by atoms with Gasteiger partial charge in [-0.25, -0.2) is 0 Å². The Morgan fingerprint density at radius 1 is 1.10 bits per heavy atom. The van der Waals surface area contributed by atoms with E-state index in [0.29, 0.717) is 5.56 Å². The average molecular weight is 281 g/mol. The van der Waals surface area contributed by atoms with Crippen LogP contribution in [-0.2, 0) is 0 Å². The summed E-state index contributed by atoms with van der Waals surface area (Å²) in [5, 5.41) is 1.01. The number of anilines is 1. The van der Waals surface area contributed by atoms with E-state index in [4.69, 9.17) is 0 Å². The van der Waals surface area contributed by atoms with Crippen LogP contribution in [-0.4, -0.2) is 16.3 Å². The highest BCUT2D eigenvalue weighted by Gasteiger charge is 2.03. The van der Waals surface area contributed by atoms with Crippen molar-refractivity contribution in [1.82, 2.24) is 9.97 Å². The first-order valence-electron chi connectivity index (χ1n) is 6.03. The van der Waals surface area contributed by atoms with Crippen LogP contribution in [0.3, 0.4) is 0 Å². The molecule has 2 aromatic heterocycles. The van der Waals surface area contributed by atoms with Gasteiger partial charge >= 0.3 is 0 Å². The summed E-state index contributed by atoms with van der Waals surface area (Å²) in [4.78, 5) is 20.1. The molecule has 20 heavy (non-hydrogen) atoms. The standard InChI is InChI=1S/C15H11N3OS/c19-10-11-3-5-13(6-4-11)18-20-14-9-16-8-12-2-1-7-17-15(12)14/h1-10,18H. The van der Waals surface area contributed by atoms with Gasteiger partial charge in [0.05, 0.1) is 10.4 Å². The summed E-state index contributed by atoms with van der Waals surface area (Å²) in [5.74, 6) is 0. The van der Waals surface area contributed by atoms with E-state index in [1.807, 2.05) is 24.3 Å². The zero-order chi connectivity index (χ0) is 13.8. The SMILES string of the molecule is O=Cc1ccc(NSc2cncc3cccnc23)cc1. The van der Waals surface area contributed by atoms with Crippen molar-refractivity contribution in [2.45, 2.75) is 4.90 Å². The van der Waals surface area contributed by atoms with Gasteiger partial charge in [-0.3, -0.25) is 14.8 Å². The van der Waals surface area contributed by atoms with E-state index >= 15 is 0 Å². The van der Waals surface area contributed by atoms with Gasteiger partial charge in [-0.15, -0.1) is 0 Å². The smallest absolute Gasteiger partial charge is 0.150 e. The molecule has 98 valence electrons. The monoisotopic (exact) mass is 281 g/mol. The highest BCUT2D eigenvalue weighted by Crippen LogP contribution is 2.26. The molecule has 0 spiro atoms. The van der Waals surface area contributed by atoms with Crippen LogP contribution in [0.25, 0.3) is 10.9 Å². The molecule has 0 unspecified atom stereocenters. The van der Waals surface area contributed by atoms with E-state index in [1.54, 1.807) is 30.7 Å². The Balaban J connectivity index is 1.81. The first-order chi connectivity index (χ1) is 9.86. The number of carbonyl (C=O) groups is 1. The molecule has 0 radical (unpaired) electrons. The number of benzene rings is 1. The molecule has 0 saturated heterocycles. The van der Waals surface area contributed by atoms with Crippen molar-refractivity contribution < 1.29 is 4.79 Å². The molecule has 3 rings (SSSR count). The van der Waals surface area contributed by atoms with Crippen LogP contribution >= 0.6 is 11.9 Å². The van der Waals surface area contributed by atoms with Crippen LogP contribution < -0.4 is 4.72 Å². The first kappa shape index (κ1) is 12.6. The van der Waals surface area contributed by atoms with E-state index in [1.165, 1.54) is 11.9 Å². The van der Waals surface area contributed by atoms with Gasteiger partial charge in [-0.2, -0.15) is 0 Å². The van der Waals surface area contributed by atoms with Crippen molar-refractivity contribution in [3.05, 3.63) is 60.6 Å². The van der Waals surface area contributed by atoms with Crippen molar-refractivity contribution in [3.63, 3.8) is 0 Å². The number of hydrogen-bond donors (Lipinski definition) is 1. The number of carbonyl (C=O) groups excluding carboxylic acids is 1. The molecular weight excluding hydrogens is 270 g/mol. The van der Waals surface area contributed by atoms with E-state index in [9.17, 15) is 4.79 Å². The lowest BCUT2D eigenvalue weighted by molar-refractivity contribution is 0.112.